The number of benzene rings is 1. The van der Waals surface area contributed by atoms with Crippen LogP contribution < -0.4 is 0 Å². The van der Waals surface area contributed by atoms with E-state index in [4.69, 9.17) is 5.11 Å². The zero-order valence-corrected chi connectivity index (χ0v) is 8.83. The molecule has 8 heteroatoms. The number of rotatable bonds is 2. The second-order valence-corrected chi connectivity index (χ2v) is 3.65. The summed E-state index contributed by atoms with van der Waals surface area (Å²) in [5.41, 5.74) is -1.72. The molecule has 1 aromatic carbocycles. The molecule has 0 aliphatic heterocycles. The van der Waals surface area contributed by atoms with Crippen LogP contribution in [-0.4, -0.2) is 17.2 Å². The van der Waals surface area contributed by atoms with E-state index < -0.39 is 35.4 Å². The van der Waals surface area contributed by atoms with Crippen LogP contribution >= 0.6 is 0 Å². The van der Waals surface area contributed by atoms with Crippen molar-refractivity contribution in [1.29, 1.82) is 0 Å². The highest BCUT2D eigenvalue weighted by Crippen LogP contribution is 2.45. The molecule has 0 radical (unpaired) electrons. The minimum absolute atomic E-state index is 0.120. The van der Waals surface area contributed by atoms with Crippen LogP contribution in [0.2, 0.25) is 0 Å². The number of hydrogen-bond acceptors (Lipinski definition) is 1. The van der Waals surface area contributed by atoms with Gasteiger partial charge in [-0.2, -0.15) is 22.0 Å². The van der Waals surface area contributed by atoms with E-state index >= 15 is 0 Å². The third-order valence-electron chi connectivity index (χ3n) is 2.29. The van der Waals surface area contributed by atoms with Gasteiger partial charge in [0.05, 0.1) is 0 Å². The molecule has 0 heterocycles. The van der Waals surface area contributed by atoms with Crippen LogP contribution in [0.1, 0.15) is 17.2 Å². The topological polar surface area (TPSA) is 20.2 Å². The van der Waals surface area contributed by atoms with E-state index in [9.17, 15) is 30.7 Å². The predicted molar refractivity (Wildman–Crippen MR) is 47.1 cm³/mol. The first kappa shape index (κ1) is 14.7. The van der Waals surface area contributed by atoms with Crippen molar-refractivity contribution in [2.45, 2.75) is 25.1 Å². The first-order valence-electron chi connectivity index (χ1n) is 4.56. The predicted octanol–water partition coefficient (Wildman–Crippen LogP) is 3.50. The molecule has 0 spiro atoms. The maximum Gasteiger partial charge on any atom is 0.456 e. The van der Waals surface area contributed by atoms with Crippen molar-refractivity contribution in [3.8, 4) is 0 Å². The molecule has 1 unspecified atom stereocenters. The van der Waals surface area contributed by atoms with Gasteiger partial charge in [-0.15, -0.1) is 0 Å². The zero-order valence-electron chi connectivity index (χ0n) is 8.83. The van der Waals surface area contributed by atoms with Crippen molar-refractivity contribution in [1.82, 2.24) is 0 Å². The summed E-state index contributed by atoms with van der Waals surface area (Å²) in [6, 6.07) is 0.551. The fourth-order valence-electron chi connectivity index (χ4n) is 1.22. The molecule has 0 amide bonds. The molecule has 102 valence electrons. The van der Waals surface area contributed by atoms with Crippen molar-refractivity contribution in [2.24, 2.45) is 0 Å². The number of hydrogen-bond donors (Lipinski definition) is 1. The average Bonchev–Trinajstić information content (AvgIpc) is 2.20. The lowest BCUT2D eigenvalue weighted by atomic mass is 10.0. The Morgan fingerprint density at radius 1 is 1.00 bits per heavy atom. The van der Waals surface area contributed by atoms with Crippen LogP contribution in [0.5, 0.6) is 0 Å². The maximum absolute atomic E-state index is 13.2. The van der Waals surface area contributed by atoms with Crippen LogP contribution in [-0.2, 0) is 0 Å². The second-order valence-electron chi connectivity index (χ2n) is 3.65. The van der Waals surface area contributed by atoms with Gasteiger partial charge in [0, 0.05) is 5.56 Å². The van der Waals surface area contributed by atoms with Crippen molar-refractivity contribution >= 4 is 0 Å². The zero-order chi connectivity index (χ0) is 14.3. The van der Waals surface area contributed by atoms with Crippen molar-refractivity contribution in [3.63, 3.8) is 0 Å². The van der Waals surface area contributed by atoms with E-state index in [1.807, 2.05) is 0 Å². The highest BCUT2D eigenvalue weighted by molar-refractivity contribution is 5.28. The van der Waals surface area contributed by atoms with Crippen LogP contribution in [0, 0.1) is 18.6 Å². The Morgan fingerprint density at radius 2 is 1.50 bits per heavy atom. The van der Waals surface area contributed by atoms with Gasteiger partial charge in [0.2, 0.25) is 0 Å². The fourth-order valence-corrected chi connectivity index (χ4v) is 1.22. The van der Waals surface area contributed by atoms with Gasteiger partial charge in [-0.1, -0.05) is 0 Å². The molecule has 0 saturated heterocycles. The van der Waals surface area contributed by atoms with Gasteiger partial charge in [-0.05, 0) is 24.6 Å². The minimum atomic E-state index is -6.07. The molecule has 1 aromatic rings. The lowest BCUT2D eigenvalue weighted by Crippen LogP contribution is -2.42. The number of halogens is 7. The summed E-state index contributed by atoms with van der Waals surface area (Å²) >= 11 is 0. The second kappa shape index (κ2) is 4.42. The molecule has 1 rings (SSSR count). The number of aliphatic hydroxyl groups is 1. The van der Waals surface area contributed by atoms with Gasteiger partial charge < -0.3 is 5.11 Å². The highest BCUT2D eigenvalue weighted by atomic mass is 19.4. The molecule has 0 bridgehead atoms. The smallest absolute Gasteiger partial charge is 0.382 e. The summed E-state index contributed by atoms with van der Waals surface area (Å²) < 4.78 is 87.6. The molecular formula is C10H7F7O. The van der Waals surface area contributed by atoms with E-state index in [0.717, 1.165) is 6.92 Å². The van der Waals surface area contributed by atoms with Crippen LogP contribution in [0.4, 0.5) is 30.7 Å². The average molecular weight is 276 g/mol. The molecule has 0 aliphatic carbocycles. The summed E-state index contributed by atoms with van der Waals surface area (Å²) in [7, 11) is 0. The van der Waals surface area contributed by atoms with Crippen molar-refractivity contribution in [3.05, 3.63) is 34.9 Å². The summed E-state index contributed by atoms with van der Waals surface area (Å²) in [6.07, 6.45) is -9.58. The van der Waals surface area contributed by atoms with E-state index in [1.165, 1.54) is 0 Å². The molecule has 1 N–H and O–H groups in total. The molecule has 0 fully saturated rings. The Labute approximate surface area is 96.8 Å². The standard InChI is InChI=1S/C10H7F7O/c1-4-2-7(12)5(3-6(4)11)8(18)9(13,14)10(15,16)17/h2-3,8,18H,1H3. The molecular weight excluding hydrogens is 269 g/mol. The molecule has 18 heavy (non-hydrogen) atoms. The van der Waals surface area contributed by atoms with E-state index in [0.29, 0.717) is 6.07 Å². The maximum atomic E-state index is 13.2. The molecule has 0 aromatic heterocycles. The SMILES string of the molecule is Cc1cc(F)c(C(O)C(F)(F)C(F)(F)F)cc1F. The first-order valence-corrected chi connectivity index (χ1v) is 4.56. The Balaban J connectivity index is 3.27. The van der Waals surface area contributed by atoms with Crippen LogP contribution in [0.15, 0.2) is 12.1 Å². The van der Waals surface area contributed by atoms with Crippen molar-refractivity contribution < 1.29 is 35.8 Å². The third kappa shape index (κ3) is 2.43. The molecule has 0 aliphatic rings. The molecule has 0 saturated carbocycles. The third-order valence-corrected chi connectivity index (χ3v) is 2.29. The van der Waals surface area contributed by atoms with Gasteiger partial charge in [-0.3, -0.25) is 0 Å². The first-order chi connectivity index (χ1) is 7.98. The van der Waals surface area contributed by atoms with Gasteiger partial charge in [0.15, 0.2) is 6.10 Å². The van der Waals surface area contributed by atoms with Gasteiger partial charge in [0.1, 0.15) is 11.6 Å². The van der Waals surface area contributed by atoms with Gasteiger partial charge in [-0.25, -0.2) is 8.78 Å². The Kier molecular flexibility index (Phi) is 3.62. The molecule has 1 nitrogen and oxygen atoms in total. The lowest BCUT2D eigenvalue weighted by Gasteiger charge is -2.25. The summed E-state index contributed by atoms with van der Waals surface area (Å²) in [6.45, 7) is 1.09. The summed E-state index contributed by atoms with van der Waals surface area (Å²) in [5, 5.41) is 8.90. The van der Waals surface area contributed by atoms with Crippen LogP contribution in [0.3, 0.4) is 0 Å². The lowest BCUT2D eigenvalue weighted by molar-refractivity contribution is -0.315. The number of aryl methyl sites for hydroxylation is 1. The monoisotopic (exact) mass is 276 g/mol. The quantitative estimate of drug-likeness (QED) is 0.820. The van der Waals surface area contributed by atoms with Crippen LogP contribution in [0.25, 0.3) is 0 Å². The van der Waals surface area contributed by atoms with Crippen molar-refractivity contribution in [2.75, 3.05) is 0 Å². The summed E-state index contributed by atoms with van der Waals surface area (Å²) in [5.74, 6) is -8.30. The van der Waals surface area contributed by atoms with Gasteiger partial charge in [0.25, 0.3) is 0 Å². The Hall–Kier alpha value is -1.31. The molecule has 1 atom stereocenters. The summed E-state index contributed by atoms with van der Waals surface area (Å²) in [4.78, 5) is 0. The van der Waals surface area contributed by atoms with E-state index in [1.54, 1.807) is 0 Å². The number of alkyl halides is 5. The largest absolute Gasteiger partial charge is 0.456 e. The van der Waals surface area contributed by atoms with Gasteiger partial charge >= 0.3 is 12.1 Å². The normalized spacial score (nSPS) is 14.7. The minimum Gasteiger partial charge on any atom is -0.382 e. The Bertz CT molecular complexity index is 452. The highest BCUT2D eigenvalue weighted by Gasteiger charge is 2.63. The fraction of sp³-hybridized carbons (Fsp3) is 0.400. The Morgan fingerprint density at radius 3 is 1.94 bits per heavy atom. The van der Waals surface area contributed by atoms with E-state index in [-0.39, 0.29) is 11.6 Å². The number of aliphatic hydroxyl groups excluding tert-OH is 1. The van der Waals surface area contributed by atoms with E-state index in [2.05, 4.69) is 0 Å².